The minimum absolute atomic E-state index is 0. The van der Waals surface area contributed by atoms with E-state index in [0.717, 1.165) is 30.1 Å². The number of halogens is 1. The van der Waals surface area contributed by atoms with Crippen molar-refractivity contribution >= 4 is 34.2 Å². The van der Waals surface area contributed by atoms with E-state index in [9.17, 15) is 18.0 Å². The van der Waals surface area contributed by atoms with Crippen LogP contribution in [0.1, 0.15) is 26.2 Å². The molecule has 2 amide bonds. The Balaban J connectivity index is 0.00000243. The van der Waals surface area contributed by atoms with Gasteiger partial charge >= 0.3 is 0 Å². The lowest BCUT2D eigenvalue weighted by atomic mass is 9.94. The van der Waals surface area contributed by atoms with E-state index in [2.05, 4.69) is 4.90 Å². The third-order valence-electron chi connectivity index (χ3n) is 5.41. The Labute approximate surface area is 161 Å². The van der Waals surface area contributed by atoms with Crippen LogP contribution in [0.25, 0.3) is 0 Å². The van der Waals surface area contributed by atoms with Crippen molar-refractivity contribution in [2.45, 2.75) is 38.3 Å². The Hall–Kier alpha value is -0.900. The summed E-state index contributed by atoms with van der Waals surface area (Å²) in [4.78, 5) is 29.3. The fraction of sp³-hybridized carbons (Fsp3) is 0.875. The quantitative estimate of drug-likeness (QED) is 0.631. The van der Waals surface area contributed by atoms with Gasteiger partial charge in [0.15, 0.2) is 0 Å². The number of carbonyl (C=O) groups excluding carboxylic acids is 2. The Morgan fingerprint density at radius 3 is 2.46 bits per heavy atom. The lowest BCUT2D eigenvalue weighted by Crippen LogP contribution is -2.49. The van der Waals surface area contributed by atoms with E-state index in [1.54, 1.807) is 4.90 Å². The second-order valence-corrected chi connectivity index (χ2v) is 8.97. The monoisotopic (exact) mass is 409 g/mol. The molecule has 3 rings (SSSR count). The molecule has 26 heavy (non-hydrogen) atoms. The normalized spacial score (nSPS) is 29.6. The van der Waals surface area contributed by atoms with Crippen LogP contribution in [-0.4, -0.2) is 92.1 Å². The van der Waals surface area contributed by atoms with Crippen LogP contribution in [-0.2, 0) is 24.3 Å². The number of carbonyl (C=O) groups is 2. The molecule has 3 saturated heterocycles. The number of amides is 2. The van der Waals surface area contributed by atoms with Crippen molar-refractivity contribution in [3.8, 4) is 0 Å². The van der Waals surface area contributed by atoms with Crippen LogP contribution in [0.15, 0.2) is 0 Å². The van der Waals surface area contributed by atoms with Gasteiger partial charge in [0.25, 0.3) is 0 Å². The number of nitrogens with zero attached hydrogens (tertiary/aromatic N) is 3. The number of hydrogen-bond donors (Lipinski definition) is 0. The molecule has 3 aliphatic rings. The summed E-state index contributed by atoms with van der Waals surface area (Å²) < 4.78 is 30.6. The molecule has 0 saturated carbocycles. The third kappa shape index (κ3) is 4.00. The van der Waals surface area contributed by atoms with E-state index in [-0.39, 0.29) is 30.3 Å². The topological polar surface area (TPSA) is 87.2 Å². The molecule has 0 aromatic heterocycles. The highest BCUT2D eigenvalue weighted by atomic mass is 35.5. The first kappa shape index (κ1) is 21.4. The summed E-state index contributed by atoms with van der Waals surface area (Å²) >= 11 is 0. The van der Waals surface area contributed by atoms with E-state index in [0.29, 0.717) is 39.1 Å². The van der Waals surface area contributed by atoms with E-state index in [4.69, 9.17) is 4.74 Å². The van der Waals surface area contributed by atoms with Gasteiger partial charge in [-0.1, -0.05) is 13.3 Å². The molecule has 150 valence electrons. The van der Waals surface area contributed by atoms with E-state index in [1.807, 2.05) is 6.92 Å². The van der Waals surface area contributed by atoms with Gasteiger partial charge in [-0.2, -0.15) is 0 Å². The minimum Gasteiger partial charge on any atom is -0.379 e. The van der Waals surface area contributed by atoms with Crippen LogP contribution in [0.5, 0.6) is 0 Å². The molecular weight excluding hydrogens is 382 g/mol. The zero-order chi connectivity index (χ0) is 18.2. The highest BCUT2D eigenvalue weighted by Crippen LogP contribution is 2.40. The Bertz CT molecular complexity index is 638. The molecule has 3 heterocycles. The molecule has 10 heteroatoms. The molecule has 3 fully saturated rings. The molecule has 0 radical (unpaired) electrons. The summed E-state index contributed by atoms with van der Waals surface area (Å²) in [7, 11) is -3.61. The summed E-state index contributed by atoms with van der Waals surface area (Å²) in [5.74, 6) is -0.775. The Morgan fingerprint density at radius 1 is 1.23 bits per heavy atom. The fourth-order valence-electron chi connectivity index (χ4n) is 4.36. The number of hydrogen-bond acceptors (Lipinski definition) is 6. The predicted octanol–water partition coefficient (Wildman–Crippen LogP) is -0.0720. The predicted molar refractivity (Wildman–Crippen MR) is 98.5 cm³/mol. The third-order valence-corrected chi connectivity index (χ3v) is 6.57. The Kier molecular flexibility index (Phi) is 6.92. The average Bonchev–Trinajstić information content (AvgIpc) is 3.07. The maximum Gasteiger partial charge on any atom is 0.241 e. The first-order chi connectivity index (χ1) is 11.8. The van der Waals surface area contributed by atoms with Gasteiger partial charge in [-0.05, 0) is 12.8 Å². The Morgan fingerprint density at radius 2 is 1.88 bits per heavy atom. The van der Waals surface area contributed by atoms with Gasteiger partial charge in [-0.25, -0.2) is 12.7 Å². The van der Waals surface area contributed by atoms with Gasteiger partial charge in [0.2, 0.25) is 21.8 Å². The summed E-state index contributed by atoms with van der Waals surface area (Å²) in [6, 6.07) is -0.733. The smallest absolute Gasteiger partial charge is 0.241 e. The van der Waals surface area contributed by atoms with Crippen LogP contribution >= 0.6 is 12.4 Å². The van der Waals surface area contributed by atoms with Gasteiger partial charge in [0.1, 0.15) is 0 Å². The van der Waals surface area contributed by atoms with Gasteiger partial charge < -0.3 is 9.64 Å². The molecule has 8 nitrogen and oxygen atoms in total. The molecule has 0 N–H and O–H groups in total. The SMILES string of the molecule is CCC[C@H]1C(=O)N(S(C)(=O)=O)[C@H]2CCN(C(=O)CN3CCOCC3)[C@H]12.Cl. The molecule has 0 unspecified atom stereocenters. The van der Waals surface area contributed by atoms with Crippen molar-refractivity contribution in [3.05, 3.63) is 0 Å². The second-order valence-electron chi connectivity index (χ2n) is 7.11. The molecule has 3 atom stereocenters. The maximum atomic E-state index is 12.8. The molecule has 0 aromatic rings. The molecular formula is C16H28ClN3O5S. The molecule has 0 bridgehead atoms. The number of fused-ring (bicyclic) bond motifs is 1. The van der Waals surface area contributed by atoms with Crippen LogP contribution in [0.3, 0.4) is 0 Å². The van der Waals surface area contributed by atoms with Crippen molar-refractivity contribution in [2.75, 3.05) is 45.6 Å². The molecule has 0 spiro atoms. The lowest BCUT2D eigenvalue weighted by Gasteiger charge is -2.31. The number of ether oxygens (including phenoxy) is 1. The lowest BCUT2D eigenvalue weighted by molar-refractivity contribution is -0.135. The van der Waals surface area contributed by atoms with Crippen LogP contribution in [0, 0.1) is 5.92 Å². The van der Waals surface area contributed by atoms with Crippen LogP contribution in [0.4, 0.5) is 0 Å². The highest BCUT2D eigenvalue weighted by molar-refractivity contribution is 7.88. The standard InChI is InChI=1S/C16H27N3O5S.ClH/c1-3-4-12-15-13(19(16(12)21)25(2,22)23)5-6-18(15)14(20)11-17-7-9-24-10-8-17;/h12-13,15H,3-11H2,1-2H3;1H/t12-,13+,15-;/m1./s1. The number of sulfonamides is 1. The first-order valence-corrected chi connectivity index (χ1v) is 10.8. The number of morpholine rings is 1. The molecule has 0 aliphatic carbocycles. The first-order valence-electron chi connectivity index (χ1n) is 8.97. The van der Waals surface area contributed by atoms with Gasteiger partial charge in [-0.15, -0.1) is 12.4 Å². The van der Waals surface area contributed by atoms with Gasteiger partial charge in [-0.3, -0.25) is 14.5 Å². The van der Waals surface area contributed by atoms with Crippen molar-refractivity contribution in [1.29, 1.82) is 0 Å². The molecule has 0 aromatic carbocycles. The zero-order valence-electron chi connectivity index (χ0n) is 15.3. The van der Waals surface area contributed by atoms with Gasteiger partial charge in [0.05, 0.1) is 44.0 Å². The number of likely N-dealkylation sites (tertiary alicyclic amines) is 1. The summed E-state index contributed by atoms with van der Waals surface area (Å²) in [5, 5.41) is 0. The fourth-order valence-corrected chi connectivity index (χ4v) is 5.54. The minimum atomic E-state index is -3.61. The van der Waals surface area contributed by atoms with E-state index >= 15 is 0 Å². The van der Waals surface area contributed by atoms with Crippen LogP contribution in [0.2, 0.25) is 0 Å². The van der Waals surface area contributed by atoms with Gasteiger partial charge in [0, 0.05) is 19.6 Å². The highest BCUT2D eigenvalue weighted by Gasteiger charge is 2.57. The van der Waals surface area contributed by atoms with E-state index < -0.39 is 22.0 Å². The molecule has 3 aliphatic heterocycles. The number of rotatable bonds is 5. The van der Waals surface area contributed by atoms with Crippen molar-refractivity contribution < 1.29 is 22.7 Å². The zero-order valence-corrected chi connectivity index (χ0v) is 16.9. The average molecular weight is 410 g/mol. The van der Waals surface area contributed by atoms with E-state index in [1.165, 1.54) is 0 Å². The van der Waals surface area contributed by atoms with Crippen molar-refractivity contribution in [3.63, 3.8) is 0 Å². The summed E-state index contributed by atoms with van der Waals surface area (Å²) in [6.07, 6.45) is 2.99. The summed E-state index contributed by atoms with van der Waals surface area (Å²) in [6.45, 7) is 5.48. The summed E-state index contributed by atoms with van der Waals surface area (Å²) in [5.41, 5.74) is 0. The maximum absolute atomic E-state index is 12.8. The largest absolute Gasteiger partial charge is 0.379 e. The second kappa shape index (κ2) is 8.41. The van der Waals surface area contributed by atoms with Crippen molar-refractivity contribution in [1.82, 2.24) is 14.1 Å². The van der Waals surface area contributed by atoms with Crippen molar-refractivity contribution in [2.24, 2.45) is 5.92 Å². The van der Waals surface area contributed by atoms with Crippen LogP contribution < -0.4 is 0 Å².